The molecule has 0 fully saturated rings. The number of hydrogen-bond acceptors (Lipinski definition) is 3. The van der Waals surface area contributed by atoms with E-state index in [1.165, 1.54) is 141 Å². The molecule has 0 heterocycles. The van der Waals surface area contributed by atoms with Gasteiger partial charge in [0.2, 0.25) is 0 Å². The highest BCUT2D eigenvalue weighted by atomic mass is 16.5. The summed E-state index contributed by atoms with van der Waals surface area (Å²) in [4.78, 5) is 23.0. The molecule has 0 aliphatic carbocycles. The normalized spacial score (nSPS) is 12.1. The van der Waals surface area contributed by atoms with Crippen molar-refractivity contribution in [2.24, 2.45) is 0 Å². The second kappa shape index (κ2) is 31.5. The molecular weight excluding hydrogens is 484 g/mol. The van der Waals surface area contributed by atoms with E-state index in [0.29, 0.717) is 19.3 Å². The fraction of sp³-hybridized carbons (Fsp3) is 0.943. The number of aliphatic carboxylic acids is 1. The lowest BCUT2D eigenvalue weighted by molar-refractivity contribution is -0.150. The summed E-state index contributed by atoms with van der Waals surface area (Å²) in [5, 5.41) is 8.78. The van der Waals surface area contributed by atoms with E-state index in [-0.39, 0.29) is 18.5 Å². The first-order chi connectivity index (χ1) is 19.1. The van der Waals surface area contributed by atoms with Crippen molar-refractivity contribution in [3.63, 3.8) is 0 Å². The van der Waals surface area contributed by atoms with Crippen LogP contribution in [-0.4, -0.2) is 23.1 Å². The van der Waals surface area contributed by atoms with Gasteiger partial charge in [-0.15, -0.1) is 0 Å². The Morgan fingerprint density at radius 2 is 0.769 bits per heavy atom. The van der Waals surface area contributed by atoms with Crippen LogP contribution in [0, 0.1) is 0 Å². The molecule has 0 saturated heterocycles. The van der Waals surface area contributed by atoms with E-state index in [1.54, 1.807) is 0 Å². The predicted molar refractivity (Wildman–Crippen MR) is 167 cm³/mol. The van der Waals surface area contributed by atoms with E-state index >= 15 is 0 Å². The fourth-order valence-corrected chi connectivity index (χ4v) is 5.48. The Balaban J connectivity index is 3.93. The molecule has 0 bridgehead atoms. The molecular formula is C35H68O4. The summed E-state index contributed by atoms with van der Waals surface area (Å²) >= 11 is 0. The van der Waals surface area contributed by atoms with Crippen LogP contribution in [0.1, 0.15) is 206 Å². The maximum atomic E-state index is 12.3. The SMILES string of the molecule is CCCCCCCCCCCCCCCCCC(CCCCCCCCCCC)OC(=O)CCCCC(=O)O. The van der Waals surface area contributed by atoms with Gasteiger partial charge >= 0.3 is 11.9 Å². The van der Waals surface area contributed by atoms with Gasteiger partial charge < -0.3 is 9.84 Å². The molecule has 0 rings (SSSR count). The van der Waals surface area contributed by atoms with Crippen molar-refractivity contribution in [3.05, 3.63) is 0 Å². The Morgan fingerprint density at radius 1 is 0.462 bits per heavy atom. The zero-order valence-electron chi connectivity index (χ0n) is 26.5. The maximum Gasteiger partial charge on any atom is 0.306 e. The Bertz CT molecular complexity index is 519. The highest BCUT2D eigenvalue weighted by molar-refractivity contribution is 5.70. The number of rotatable bonds is 32. The minimum atomic E-state index is -0.792. The molecule has 0 aliphatic rings. The minimum Gasteiger partial charge on any atom is -0.481 e. The van der Waals surface area contributed by atoms with Gasteiger partial charge in [-0.05, 0) is 38.5 Å². The number of carboxylic acids is 1. The van der Waals surface area contributed by atoms with E-state index in [4.69, 9.17) is 9.84 Å². The van der Waals surface area contributed by atoms with E-state index in [9.17, 15) is 9.59 Å². The van der Waals surface area contributed by atoms with Gasteiger partial charge in [-0.1, -0.05) is 155 Å². The maximum absolute atomic E-state index is 12.3. The molecule has 39 heavy (non-hydrogen) atoms. The van der Waals surface area contributed by atoms with Crippen LogP contribution in [0.3, 0.4) is 0 Å². The zero-order valence-corrected chi connectivity index (χ0v) is 26.5. The van der Waals surface area contributed by atoms with Crippen LogP contribution in [0.2, 0.25) is 0 Å². The van der Waals surface area contributed by atoms with Crippen molar-refractivity contribution in [1.29, 1.82) is 0 Å². The highest BCUT2D eigenvalue weighted by Crippen LogP contribution is 2.19. The van der Waals surface area contributed by atoms with Crippen LogP contribution < -0.4 is 0 Å². The summed E-state index contributed by atoms with van der Waals surface area (Å²) in [5.74, 6) is -0.929. The van der Waals surface area contributed by atoms with Crippen LogP contribution >= 0.6 is 0 Å². The van der Waals surface area contributed by atoms with Crippen molar-refractivity contribution in [1.82, 2.24) is 0 Å². The van der Waals surface area contributed by atoms with Gasteiger partial charge in [-0.2, -0.15) is 0 Å². The van der Waals surface area contributed by atoms with E-state index in [2.05, 4.69) is 13.8 Å². The first-order valence-electron chi connectivity index (χ1n) is 17.5. The largest absolute Gasteiger partial charge is 0.481 e. The molecule has 0 aromatic heterocycles. The predicted octanol–water partition coefficient (Wildman–Crippen LogP) is 11.7. The standard InChI is InChI=1S/C35H68O4/c1-3-5-7-9-11-13-14-15-16-17-18-20-22-24-26-30-33(39-35(38)32-28-27-31-34(36)37)29-25-23-21-19-12-10-8-6-4-2/h33H,3-32H2,1-2H3,(H,36,37). The third kappa shape index (κ3) is 31.3. The Morgan fingerprint density at radius 3 is 1.10 bits per heavy atom. The number of carboxylic acid groups (broad SMARTS) is 1. The van der Waals surface area contributed by atoms with Crippen molar-refractivity contribution in [3.8, 4) is 0 Å². The molecule has 4 heteroatoms. The minimum absolute atomic E-state index is 0.0449. The molecule has 0 aromatic carbocycles. The molecule has 0 saturated carbocycles. The molecule has 4 nitrogen and oxygen atoms in total. The van der Waals surface area contributed by atoms with Crippen LogP contribution in [0.25, 0.3) is 0 Å². The van der Waals surface area contributed by atoms with Crippen molar-refractivity contribution in [2.45, 2.75) is 213 Å². The second-order valence-electron chi connectivity index (χ2n) is 12.1. The van der Waals surface area contributed by atoms with Gasteiger partial charge in [0.15, 0.2) is 0 Å². The van der Waals surface area contributed by atoms with Crippen molar-refractivity contribution < 1.29 is 19.4 Å². The first kappa shape index (κ1) is 37.9. The summed E-state index contributed by atoms with van der Waals surface area (Å²) in [7, 11) is 0. The number of ether oxygens (including phenoxy) is 1. The van der Waals surface area contributed by atoms with E-state index < -0.39 is 5.97 Å². The first-order valence-corrected chi connectivity index (χ1v) is 17.5. The summed E-state index contributed by atoms with van der Waals surface area (Å²) < 4.78 is 5.86. The highest BCUT2D eigenvalue weighted by Gasteiger charge is 2.14. The Hall–Kier alpha value is -1.06. The number of carbonyl (C=O) groups is 2. The average molecular weight is 553 g/mol. The number of hydrogen-bond donors (Lipinski definition) is 1. The molecule has 232 valence electrons. The summed E-state index contributed by atoms with van der Waals surface area (Å²) in [6.45, 7) is 4.54. The van der Waals surface area contributed by atoms with Gasteiger partial charge in [0.05, 0.1) is 0 Å². The molecule has 0 spiro atoms. The third-order valence-electron chi connectivity index (χ3n) is 8.08. The smallest absolute Gasteiger partial charge is 0.306 e. The van der Waals surface area contributed by atoms with Crippen LogP contribution in [0.4, 0.5) is 0 Å². The van der Waals surface area contributed by atoms with Gasteiger partial charge in [0, 0.05) is 12.8 Å². The quantitative estimate of drug-likeness (QED) is 0.0665. The summed E-state index contributed by atoms with van der Waals surface area (Å²) in [6, 6.07) is 0. The third-order valence-corrected chi connectivity index (χ3v) is 8.08. The Labute approximate surface area is 243 Å². The topological polar surface area (TPSA) is 63.6 Å². The molecule has 1 N–H and O–H groups in total. The Kier molecular flexibility index (Phi) is 30.6. The summed E-state index contributed by atoms with van der Waals surface area (Å²) in [5.41, 5.74) is 0. The molecule has 0 aliphatic heterocycles. The molecule has 1 unspecified atom stereocenters. The van der Waals surface area contributed by atoms with Crippen molar-refractivity contribution >= 4 is 11.9 Å². The van der Waals surface area contributed by atoms with Crippen LogP contribution in [-0.2, 0) is 14.3 Å². The van der Waals surface area contributed by atoms with Gasteiger partial charge in [-0.3, -0.25) is 9.59 Å². The molecule has 0 radical (unpaired) electrons. The van der Waals surface area contributed by atoms with Gasteiger partial charge in [0.25, 0.3) is 0 Å². The lowest BCUT2D eigenvalue weighted by Crippen LogP contribution is -2.18. The monoisotopic (exact) mass is 553 g/mol. The average Bonchev–Trinajstić information content (AvgIpc) is 2.92. The lowest BCUT2D eigenvalue weighted by Gasteiger charge is -2.18. The van der Waals surface area contributed by atoms with E-state index in [0.717, 1.165) is 25.7 Å². The van der Waals surface area contributed by atoms with Crippen molar-refractivity contribution in [2.75, 3.05) is 0 Å². The second-order valence-corrected chi connectivity index (χ2v) is 12.1. The van der Waals surface area contributed by atoms with Gasteiger partial charge in [-0.25, -0.2) is 0 Å². The van der Waals surface area contributed by atoms with Crippen LogP contribution in [0.5, 0.6) is 0 Å². The molecule has 0 amide bonds. The number of unbranched alkanes of at least 4 members (excludes halogenated alkanes) is 23. The van der Waals surface area contributed by atoms with Gasteiger partial charge in [0.1, 0.15) is 6.10 Å². The fourth-order valence-electron chi connectivity index (χ4n) is 5.48. The molecule has 0 aromatic rings. The van der Waals surface area contributed by atoms with Crippen LogP contribution in [0.15, 0.2) is 0 Å². The number of carbonyl (C=O) groups excluding carboxylic acids is 1. The van der Waals surface area contributed by atoms with E-state index in [1.807, 2.05) is 0 Å². The number of esters is 1. The molecule has 1 atom stereocenters. The summed E-state index contributed by atoms with van der Waals surface area (Å²) in [6.07, 6.45) is 35.9. The lowest BCUT2D eigenvalue weighted by atomic mass is 10.0. The zero-order chi connectivity index (χ0) is 28.7.